The van der Waals surface area contributed by atoms with Crippen molar-refractivity contribution < 1.29 is 14.3 Å². The van der Waals surface area contributed by atoms with Gasteiger partial charge in [-0.05, 0) is 12.5 Å². The number of carbonyl (C=O) groups is 2. The molecule has 2 aromatic rings. The lowest BCUT2D eigenvalue weighted by atomic mass is 9.91. The molecule has 0 aromatic heterocycles. The van der Waals surface area contributed by atoms with E-state index in [1.807, 2.05) is 62.4 Å². The van der Waals surface area contributed by atoms with E-state index < -0.39 is 18.0 Å². The molecule has 1 saturated heterocycles. The minimum Gasteiger partial charge on any atom is -0.447 e. The monoisotopic (exact) mass is 408 g/mol. The molecule has 160 valence electrons. The number of nitrogens with two attached hydrogens (primary N) is 1. The fraction of sp³-hybridized carbons (Fsp3) is 0.280. The van der Waals surface area contributed by atoms with Crippen LogP contribution in [0.4, 0.5) is 4.79 Å². The highest BCUT2D eigenvalue weighted by Gasteiger charge is 2.35. The first-order chi connectivity index (χ1) is 14.5. The van der Waals surface area contributed by atoms with Crippen molar-refractivity contribution >= 4 is 12.0 Å². The van der Waals surface area contributed by atoms with Gasteiger partial charge in [0.15, 0.2) is 0 Å². The minimum atomic E-state index is -0.842. The van der Waals surface area contributed by atoms with Crippen LogP contribution in [-0.2, 0) is 9.53 Å². The van der Waals surface area contributed by atoms with Crippen LogP contribution in [0.5, 0.6) is 0 Å². The van der Waals surface area contributed by atoms with Crippen molar-refractivity contribution in [1.29, 1.82) is 0 Å². The Morgan fingerprint density at radius 1 is 1.10 bits per heavy atom. The average Bonchev–Trinajstić information content (AvgIpc) is 3.24. The molecule has 1 aliphatic heterocycles. The lowest BCUT2D eigenvalue weighted by molar-refractivity contribution is -0.129. The molecule has 2 amide bonds. The van der Waals surface area contributed by atoms with Gasteiger partial charge in [-0.3, -0.25) is 4.79 Å². The van der Waals surface area contributed by atoms with E-state index in [0.29, 0.717) is 0 Å². The van der Waals surface area contributed by atoms with Gasteiger partial charge in [0, 0.05) is 5.92 Å². The number of hydrogen-bond donors (Lipinski definition) is 1. The van der Waals surface area contributed by atoms with E-state index in [1.165, 1.54) is 5.56 Å². The molecule has 2 N–H and O–H groups in total. The summed E-state index contributed by atoms with van der Waals surface area (Å²) in [6.07, 6.45) is 9.00. The number of hydrogen-bond acceptors (Lipinski definition) is 4. The zero-order valence-corrected chi connectivity index (χ0v) is 18.0. The third kappa shape index (κ3) is 8.34. The molecule has 5 heteroatoms. The summed E-state index contributed by atoms with van der Waals surface area (Å²) in [4.78, 5) is 24.6. The normalized spacial score (nSPS) is 13.5. The van der Waals surface area contributed by atoms with Crippen LogP contribution in [0.2, 0.25) is 0 Å². The van der Waals surface area contributed by atoms with Crippen LogP contribution < -0.4 is 5.73 Å². The number of cyclic esters (lactones) is 1. The fourth-order valence-electron chi connectivity index (χ4n) is 2.63. The Bertz CT molecular complexity index is 773. The standard InChI is InChI=1S/C14H16N2O3.C7H8.C2H6.C2H2/c1-2-11(10-6-4-3-5-7-10)12(15)13(17)16-8-9-19-14(16)18;1-7-5-3-2-4-6-7;2*1-2/h2-7,11-12H,1,8-9,15H2;2-6H,1H3;1-2H3;1-2H/t11-,12+;;;/m1.../s1. The highest BCUT2D eigenvalue weighted by Crippen LogP contribution is 2.21. The number of imide groups is 1. The molecule has 1 fully saturated rings. The summed E-state index contributed by atoms with van der Waals surface area (Å²) < 4.78 is 4.74. The largest absolute Gasteiger partial charge is 0.447 e. The van der Waals surface area contributed by atoms with Crippen LogP contribution in [-0.4, -0.2) is 36.1 Å². The van der Waals surface area contributed by atoms with Gasteiger partial charge in [-0.15, -0.1) is 19.4 Å². The maximum Gasteiger partial charge on any atom is 0.416 e. The van der Waals surface area contributed by atoms with Crippen LogP contribution in [0.15, 0.2) is 73.3 Å². The Labute approximate surface area is 180 Å². The number of rotatable bonds is 4. The van der Waals surface area contributed by atoms with Gasteiger partial charge in [0.1, 0.15) is 6.61 Å². The summed E-state index contributed by atoms with van der Waals surface area (Å²) in [7, 11) is 0. The van der Waals surface area contributed by atoms with Crippen molar-refractivity contribution in [3.63, 3.8) is 0 Å². The molecule has 0 aliphatic carbocycles. The van der Waals surface area contributed by atoms with Crippen molar-refractivity contribution in [2.24, 2.45) is 5.73 Å². The van der Waals surface area contributed by atoms with E-state index in [1.54, 1.807) is 6.08 Å². The zero-order chi connectivity index (χ0) is 22.9. The van der Waals surface area contributed by atoms with Crippen molar-refractivity contribution in [2.75, 3.05) is 13.2 Å². The molecule has 0 unspecified atom stereocenters. The first kappa shape index (κ1) is 26.6. The average molecular weight is 409 g/mol. The van der Waals surface area contributed by atoms with Gasteiger partial charge in [0.25, 0.3) is 0 Å². The molecule has 0 radical (unpaired) electrons. The number of amides is 2. The van der Waals surface area contributed by atoms with Crippen molar-refractivity contribution in [3.05, 3.63) is 84.4 Å². The fourth-order valence-corrected chi connectivity index (χ4v) is 2.63. The van der Waals surface area contributed by atoms with Gasteiger partial charge in [-0.25, -0.2) is 9.69 Å². The van der Waals surface area contributed by atoms with Crippen LogP contribution in [0.3, 0.4) is 0 Å². The van der Waals surface area contributed by atoms with Crippen LogP contribution >= 0.6 is 0 Å². The van der Waals surface area contributed by atoms with Crippen molar-refractivity contribution in [3.8, 4) is 12.8 Å². The summed E-state index contributed by atoms with van der Waals surface area (Å²) >= 11 is 0. The topological polar surface area (TPSA) is 72.6 Å². The maximum absolute atomic E-state index is 12.2. The predicted octanol–water partition coefficient (Wildman–Crippen LogP) is 4.53. The van der Waals surface area contributed by atoms with Crippen LogP contribution in [0.25, 0.3) is 0 Å². The van der Waals surface area contributed by atoms with Gasteiger partial charge in [-0.2, -0.15) is 0 Å². The van der Waals surface area contributed by atoms with E-state index >= 15 is 0 Å². The lowest BCUT2D eigenvalue weighted by Gasteiger charge is -2.23. The maximum atomic E-state index is 12.2. The van der Waals surface area contributed by atoms with Gasteiger partial charge >= 0.3 is 6.09 Å². The zero-order valence-electron chi connectivity index (χ0n) is 18.0. The molecule has 2 aromatic carbocycles. The molecule has 1 aliphatic rings. The smallest absolute Gasteiger partial charge is 0.416 e. The Morgan fingerprint density at radius 3 is 1.97 bits per heavy atom. The van der Waals surface area contributed by atoms with E-state index in [-0.39, 0.29) is 19.1 Å². The highest BCUT2D eigenvalue weighted by molar-refractivity contribution is 5.96. The van der Waals surface area contributed by atoms with E-state index in [4.69, 9.17) is 10.5 Å². The van der Waals surface area contributed by atoms with Gasteiger partial charge in [0.2, 0.25) is 5.91 Å². The Balaban J connectivity index is 0.000000636. The van der Waals surface area contributed by atoms with Gasteiger partial charge in [-0.1, -0.05) is 86.2 Å². The SMILES string of the molecule is C#C.C=C[C@H](c1ccccc1)[C@H](N)C(=O)N1CCOC1=O.CC.Cc1ccccc1. The van der Waals surface area contributed by atoms with Crippen molar-refractivity contribution in [1.82, 2.24) is 4.90 Å². The Morgan fingerprint density at radius 2 is 1.60 bits per heavy atom. The van der Waals surface area contributed by atoms with E-state index in [0.717, 1.165) is 10.5 Å². The van der Waals surface area contributed by atoms with Gasteiger partial charge in [0.05, 0.1) is 12.6 Å². The summed E-state index contributed by atoms with van der Waals surface area (Å²) in [5.74, 6) is -0.765. The Kier molecular flexibility index (Phi) is 13.8. The quantitative estimate of drug-likeness (QED) is 0.596. The lowest BCUT2D eigenvalue weighted by Crippen LogP contribution is -2.47. The number of nitrogens with zero attached hydrogens (tertiary/aromatic N) is 1. The summed E-state index contributed by atoms with van der Waals surface area (Å²) in [6.45, 7) is 10.3. The third-order valence-electron chi connectivity index (χ3n) is 4.08. The second-order valence-electron chi connectivity index (χ2n) is 5.96. The molecule has 2 atom stereocenters. The second kappa shape index (κ2) is 15.5. The molecule has 3 rings (SSSR count). The molecular formula is C25H32N2O3. The molecule has 5 nitrogen and oxygen atoms in total. The first-order valence-corrected chi connectivity index (χ1v) is 9.80. The number of benzene rings is 2. The Hall–Kier alpha value is -3.36. The predicted molar refractivity (Wildman–Crippen MR) is 123 cm³/mol. The molecule has 0 saturated carbocycles. The van der Waals surface area contributed by atoms with Crippen molar-refractivity contribution in [2.45, 2.75) is 32.7 Å². The number of terminal acetylenes is 1. The van der Waals surface area contributed by atoms with E-state index in [2.05, 4.69) is 38.5 Å². The van der Waals surface area contributed by atoms with E-state index in [9.17, 15) is 9.59 Å². The molecule has 0 bridgehead atoms. The number of carbonyl (C=O) groups excluding carboxylic acids is 2. The van der Waals surface area contributed by atoms with Crippen LogP contribution in [0.1, 0.15) is 30.9 Å². The molecule has 30 heavy (non-hydrogen) atoms. The first-order valence-electron chi connectivity index (χ1n) is 9.80. The summed E-state index contributed by atoms with van der Waals surface area (Å²) in [5, 5.41) is 0. The number of aryl methyl sites for hydroxylation is 1. The summed E-state index contributed by atoms with van der Waals surface area (Å²) in [5.41, 5.74) is 8.19. The third-order valence-corrected chi connectivity index (χ3v) is 4.08. The summed E-state index contributed by atoms with van der Waals surface area (Å²) in [6, 6.07) is 18.8. The minimum absolute atomic E-state index is 0.224. The second-order valence-corrected chi connectivity index (χ2v) is 5.96. The molecule has 1 heterocycles. The van der Waals surface area contributed by atoms with Crippen LogP contribution in [0, 0.1) is 19.8 Å². The van der Waals surface area contributed by atoms with Gasteiger partial charge < -0.3 is 10.5 Å². The highest BCUT2D eigenvalue weighted by atomic mass is 16.6. The number of ether oxygens (including phenoxy) is 1. The molecule has 0 spiro atoms. The molecular weight excluding hydrogens is 376 g/mol.